The standard InChI is InChI=1S/C13H25N3O2.2ClH/c1-16(11-4-2-3-5-11)8-6-15-13(17)12-10-14-7-9-18-12;;/h11-12,14H,2-10H2,1H3,(H,15,17);2*1H. The summed E-state index contributed by atoms with van der Waals surface area (Å²) in [6.07, 6.45) is 5.00. The predicted octanol–water partition coefficient (Wildman–Crippen LogP) is 0.809. The molecule has 1 aliphatic heterocycles. The van der Waals surface area contributed by atoms with E-state index in [4.69, 9.17) is 4.74 Å². The van der Waals surface area contributed by atoms with Crippen molar-refractivity contribution in [2.24, 2.45) is 0 Å². The van der Waals surface area contributed by atoms with Crippen LogP contribution in [-0.2, 0) is 9.53 Å². The average Bonchev–Trinajstić information content (AvgIpc) is 2.93. The van der Waals surface area contributed by atoms with Gasteiger partial charge in [0.15, 0.2) is 0 Å². The molecule has 2 aliphatic rings. The second kappa shape index (κ2) is 10.6. The molecule has 1 saturated carbocycles. The van der Waals surface area contributed by atoms with Gasteiger partial charge in [0, 0.05) is 32.2 Å². The highest BCUT2D eigenvalue weighted by Crippen LogP contribution is 2.21. The Morgan fingerprint density at radius 2 is 2.05 bits per heavy atom. The van der Waals surface area contributed by atoms with Crippen molar-refractivity contribution >= 4 is 30.7 Å². The third-order valence-electron chi connectivity index (χ3n) is 3.93. The molecule has 1 saturated heterocycles. The van der Waals surface area contributed by atoms with Crippen LogP contribution < -0.4 is 10.6 Å². The Kier molecular flexibility index (Phi) is 10.6. The molecule has 0 bridgehead atoms. The van der Waals surface area contributed by atoms with Gasteiger partial charge >= 0.3 is 0 Å². The Balaban J connectivity index is 0.00000180. The number of ether oxygens (including phenoxy) is 1. The summed E-state index contributed by atoms with van der Waals surface area (Å²) in [4.78, 5) is 14.2. The largest absolute Gasteiger partial charge is 0.366 e. The molecular formula is C13H27Cl2N3O2. The molecule has 1 heterocycles. The molecule has 1 amide bonds. The fourth-order valence-electron chi connectivity index (χ4n) is 2.73. The molecule has 0 spiro atoms. The van der Waals surface area contributed by atoms with Crippen LogP contribution in [0.4, 0.5) is 0 Å². The number of nitrogens with zero attached hydrogens (tertiary/aromatic N) is 1. The van der Waals surface area contributed by atoms with Gasteiger partial charge in [0.05, 0.1) is 6.61 Å². The number of carbonyl (C=O) groups is 1. The molecule has 7 heteroatoms. The Hall–Kier alpha value is -0.0700. The number of halogens is 2. The van der Waals surface area contributed by atoms with Gasteiger partial charge in [-0.25, -0.2) is 0 Å². The fourth-order valence-corrected chi connectivity index (χ4v) is 2.73. The average molecular weight is 328 g/mol. The van der Waals surface area contributed by atoms with E-state index >= 15 is 0 Å². The molecule has 1 aliphatic carbocycles. The Morgan fingerprint density at radius 1 is 1.35 bits per heavy atom. The van der Waals surface area contributed by atoms with Crippen molar-refractivity contribution < 1.29 is 9.53 Å². The Bertz CT molecular complexity index is 270. The van der Waals surface area contributed by atoms with Gasteiger partial charge in [0.2, 0.25) is 0 Å². The molecule has 1 unspecified atom stereocenters. The summed E-state index contributed by atoms with van der Waals surface area (Å²) in [7, 11) is 2.15. The summed E-state index contributed by atoms with van der Waals surface area (Å²) < 4.78 is 5.41. The number of hydrogen-bond donors (Lipinski definition) is 2. The molecule has 2 fully saturated rings. The van der Waals surface area contributed by atoms with Gasteiger partial charge in [0.1, 0.15) is 6.10 Å². The van der Waals surface area contributed by atoms with Gasteiger partial charge in [0.25, 0.3) is 5.91 Å². The van der Waals surface area contributed by atoms with E-state index in [1.807, 2.05) is 0 Å². The summed E-state index contributed by atoms with van der Waals surface area (Å²) >= 11 is 0. The predicted molar refractivity (Wildman–Crippen MR) is 85.0 cm³/mol. The van der Waals surface area contributed by atoms with Crippen molar-refractivity contribution in [2.75, 3.05) is 39.8 Å². The van der Waals surface area contributed by atoms with Crippen molar-refractivity contribution in [1.29, 1.82) is 0 Å². The Labute approximate surface area is 134 Å². The molecule has 0 aromatic rings. The van der Waals surface area contributed by atoms with E-state index in [0.717, 1.165) is 19.1 Å². The molecule has 1 atom stereocenters. The van der Waals surface area contributed by atoms with Crippen LogP contribution in [0.25, 0.3) is 0 Å². The molecule has 0 radical (unpaired) electrons. The lowest BCUT2D eigenvalue weighted by Crippen LogP contribution is -2.49. The lowest BCUT2D eigenvalue weighted by atomic mass is 10.2. The van der Waals surface area contributed by atoms with Gasteiger partial charge in [-0.3, -0.25) is 4.79 Å². The minimum atomic E-state index is -0.310. The number of carbonyl (C=O) groups excluding carboxylic acids is 1. The molecule has 5 nitrogen and oxygen atoms in total. The molecular weight excluding hydrogens is 301 g/mol. The summed E-state index contributed by atoms with van der Waals surface area (Å²) in [5.41, 5.74) is 0. The first kappa shape index (κ1) is 19.9. The number of rotatable bonds is 5. The number of likely N-dealkylation sites (N-methyl/N-ethyl adjacent to an activating group) is 1. The minimum absolute atomic E-state index is 0. The summed E-state index contributed by atoms with van der Waals surface area (Å²) in [6.45, 7) is 3.74. The zero-order chi connectivity index (χ0) is 12.8. The van der Waals surface area contributed by atoms with Gasteiger partial charge in [-0.1, -0.05) is 12.8 Å². The Morgan fingerprint density at radius 3 is 2.65 bits per heavy atom. The normalized spacial score (nSPS) is 23.0. The van der Waals surface area contributed by atoms with Gasteiger partial charge in [-0.15, -0.1) is 24.8 Å². The quantitative estimate of drug-likeness (QED) is 0.784. The van der Waals surface area contributed by atoms with Gasteiger partial charge < -0.3 is 20.3 Å². The minimum Gasteiger partial charge on any atom is -0.366 e. The van der Waals surface area contributed by atoms with E-state index in [2.05, 4.69) is 22.6 Å². The maximum atomic E-state index is 11.8. The summed E-state index contributed by atoms with van der Waals surface area (Å²) in [5.74, 6) is 0.0158. The third kappa shape index (κ3) is 6.14. The van der Waals surface area contributed by atoms with E-state index in [1.54, 1.807) is 0 Å². The van der Waals surface area contributed by atoms with Gasteiger partial charge in [-0.05, 0) is 19.9 Å². The monoisotopic (exact) mass is 327 g/mol. The van der Waals surface area contributed by atoms with E-state index in [9.17, 15) is 4.79 Å². The second-order valence-electron chi connectivity index (χ2n) is 5.27. The topological polar surface area (TPSA) is 53.6 Å². The first-order valence-corrected chi connectivity index (χ1v) is 7.07. The molecule has 0 aromatic carbocycles. The van der Waals surface area contributed by atoms with Crippen LogP contribution in [0.15, 0.2) is 0 Å². The van der Waals surface area contributed by atoms with Crippen molar-refractivity contribution in [3.63, 3.8) is 0 Å². The fraction of sp³-hybridized carbons (Fsp3) is 0.923. The van der Waals surface area contributed by atoms with Crippen LogP contribution in [-0.4, -0.2) is 62.8 Å². The smallest absolute Gasteiger partial charge is 0.250 e. The SMILES string of the molecule is CN(CCNC(=O)C1CNCCO1)C1CCCC1.Cl.Cl. The van der Waals surface area contributed by atoms with Crippen molar-refractivity contribution in [2.45, 2.75) is 37.8 Å². The summed E-state index contributed by atoms with van der Waals surface area (Å²) in [5, 5.41) is 6.12. The van der Waals surface area contributed by atoms with Crippen LogP contribution in [0.2, 0.25) is 0 Å². The van der Waals surface area contributed by atoms with E-state index < -0.39 is 0 Å². The zero-order valence-electron chi connectivity index (χ0n) is 12.1. The molecule has 2 N–H and O–H groups in total. The highest BCUT2D eigenvalue weighted by Gasteiger charge is 2.22. The van der Waals surface area contributed by atoms with Crippen molar-refractivity contribution in [1.82, 2.24) is 15.5 Å². The van der Waals surface area contributed by atoms with E-state index in [0.29, 0.717) is 19.7 Å². The van der Waals surface area contributed by atoms with Crippen LogP contribution in [0, 0.1) is 0 Å². The first-order valence-electron chi connectivity index (χ1n) is 7.07. The van der Waals surface area contributed by atoms with E-state index in [1.165, 1.54) is 25.7 Å². The molecule has 0 aromatic heterocycles. The maximum absolute atomic E-state index is 11.8. The number of hydrogen-bond acceptors (Lipinski definition) is 4. The number of amides is 1. The van der Waals surface area contributed by atoms with Gasteiger partial charge in [-0.2, -0.15) is 0 Å². The molecule has 20 heavy (non-hydrogen) atoms. The summed E-state index contributed by atoms with van der Waals surface area (Å²) in [6, 6.07) is 0.717. The zero-order valence-corrected chi connectivity index (χ0v) is 13.7. The van der Waals surface area contributed by atoms with Crippen LogP contribution in [0.1, 0.15) is 25.7 Å². The number of morpholine rings is 1. The second-order valence-corrected chi connectivity index (χ2v) is 5.27. The van der Waals surface area contributed by atoms with Crippen LogP contribution >= 0.6 is 24.8 Å². The highest BCUT2D eigenvalue weighted by atomic mass is 35.5. The lowest BCUT2D eigenvalue weighted by Gasteiger charge is -2.25. The maximum Gasteiger partial charge on any atom is 0.250 e. The van der Waals surface area contributed by atoms with Crippen LogP contribution in [0.5, 0.6) is 0 Å². The van der Waals surface area contributed by atoms with E-state index in [-0.39, 0.29) is 36.8 Å². The highest BCUT2D eigenvalue weighted by molar-refractivity contribution is 5.85. The first-order chi connectivity index (χ1) is 8.77. The number of nitrogens with one attached hydrogen (secondary N) is 2. The third-order valence-corrected chi connectivity index (χ3v) is 3.93. The van der Waals surface area contributed by atoms with Crippen molar-refractivity contribution in [3.05, 3.63) is 0 Å². The van der Waals surface area contributed by atoms with Crippen molar-refractivity contribution in [3.8, 4) is 0 Å². The molecule has 2 rings (SSSR count). The van der Waals surface area contributed by atoms with Crippen LogP contribution in [0.3, 0.4) is 0 Å². The molecule has 120 valence electrons. The lowest BCUT2D eigenvalue weighted by molar-refractivity contribution is -0.134.